The van der Waals surface area contributed by atoms with Gasteiger partial charge in [0.05, 0.1) is 5.56 Å². The predicted octanol–water partition coefficient (Wildman–Crippen LogP) is 3.94. The van der Waals surface area contributed by atoms with Gasteiger partial charge in [-0.15, -0.1) is 0 Å². The van der Waals surface area contributed by atoms with Crippen molar-refractivity contribution >= 4 is 11.4 Å². The molecule has 3 aromatic rings. The van der Waals surface area contributed by atoms with E-state index in [1.54, 1.807) is 18.5 Å². The zero-order chi connectivity index (χ0) is 17.9. The van der Waals surface area contributed by atoms with Crippen LogP contribution >= 0.6 is 0 Å². The SMILES string of the molecule is O=c1oc(OCc2cccnc2)c(Nc2ccccc2)c(O)c1C1CC1. The monoisotopic (exact) mass is 350 g/mol. The summed E-state index contributed by atoms with van der Waals surface area (Å²) in [4.78, 5) is 16.3. The van der Waals surface area contributed by atoms with Crippen LogP contribution in [-0.4, -0.2) is 10.1 Å². The number of hydrogen-bond donors (Lipinski definition) is 2. The number of anilines is 2. The number of pyridine rings is 1. The quantitative estimate of drug-likeness (QED) is 0.700. The molecule has 0 amide bonds. The predicted molar refractivity (Wildman–Crippen MR) is 96.9 cm³/mol. The van der Waals surface area contributed by atoms with Gasteiger partial charge in [-0.2, -0.15) is 0 Å². The van der Waals surface area contributed by atoms with Crippen LogP contribution in [0.2, 0.25) is 0 Å². The van der Waals surface area contributed by atoms with Gasteiger partial charge in [-0.05, 0) is 37.0 Å². The molecule has 2 N–H and O–H groups in total. The maximum absolute atomic E-state index is 12.3. The molecule has 6 nitrogen and oxygen atoms in total. The number of rotatable bonds is 6. The van der Waals surface area contributed by atoms with E-state index in [0.717, 1.165) is 24.1 Å². The molecule has 0 atom stereocenters. The number of ether oxygens (including phenoxy) is 1. The molecule has 132 valence electrons. The van der Waals surface area contributed by atoms with E-state index in [2.05, 4.69) is 10.3 Å². The minimum Gasteiger partial charge on any atom is -0.505 e. The zero-order valence-electron chi connectivity index (χ0n) is 14.0. The minimum atomic E-state index is -0.551. The van der Waals surface area contributed by atoms with Gasteiger partial charge >= 0.3 is 11.6 Å². The van der Waals surface area contributed by atoms with Crippen LogP contribution in [0.4, 0.5) is 11.4 Å². The Morgan fingerprint density at radius 2 is 2.00 bits per heavy atom. The lowest BCUT2D eigenvalue weighted by Crippen LogP contribution is -2.11. The van der Waals surface area contributed by atoms with Crippen LogP contribution in [0.5, 0.6) is 11.7 Å². The van der Waals surface area contributed by atoms with Crippen molar-refractivity contribution in [1.29, 1.82) is 0 Å². The van der Waals surface area contributed by atoms with Crippen LogP contribution in [0.3, 0.4) is 0 Å². The summed E-state index contributed by atoms with van der Waals surface area (Å²) < 4.78 is 11.1. The van der Waals surface area contributed by atoms with Gasteiger partial charge < -0.3 is 19.6 Å². The van der Waals surface area contributed by atoms with Crippen molar-refractivity contribution in [3.05, 3.63) is 76.4 Å². The number of benzene rings is 1. The number of hydrogen-bond acceptors (Lipinski definition) is 6. The first-order chi connectivity index (χ1) is 12.7. The summed E-state index contributed by atoms with van der Waals surface area (Å²) in [6, 6.07) is 13.0. The van der Waals surface area contributed by atoms with Crippen molar-refractivity contribution in [3.8, 4) is 11.7 Å². The fourth-order valence-electron chi connectivity index (χ4n) is 2.76. The van der Waals surface area contributed by atoms with Gasteiger partial charge in [0.2, 0.25) is 0 Å². The number of aromatic hydroxyl groups is 1. The molecule has 0 aliphatic heterocycles. The Balaban J connectivity index is 1.70. The number of nitrogens with one attached hydrogen (secondary N) is 1. The standard InChI is InChI=1S/C20H18N2O4/c23-18-16(14-8-9-14)19(24)26-20(25-12-13-5-4-10-21-11-13)17(18)22-15-6-2-1-3-7-15/h1-7,10-11,14,22-23H,8-9,12H2. The molecule has 0 radical (unpaired) electrons. The molecule has 26 heavy (non-hydrogen) atoms. The van der Waals surface area contributed by atoms with E-state index in [-0.39, 0.29) is 29.9 Å². The van der Waals surface area contributed by atoms with Crippen LogP contribution in [0.25, 0.3) is 0 Å². The summed E-state index contributed by atoms with van der Waals surface area (Å²) >= 11 is 0. The smallest absolute Gasteiger partial charge is 0.345 e. The Bertz CT molecular complexity index is 951. The van der Waals surface area contributed by atoms with Gasteiger partial charge in [-0.25, -0.2) is 4.79 Å². The van der Waals surface area contributed by atoms with Crippen molar-refractivity contribution in [2.24, 2.45) is 0 Å². The fourth-order valence-corrected chi connectivity index (χ4v) is 2.76. The van der Waals surface area contributed by atoms with Gasteiger partial charge in [-0.3, -0.25) is 4.98 Å². The molecular formula is C20H18N2O4. The average molecular weight is 350 g/mol. The third kappa shape index (κ3) is 3.39. The van der Waals surface area contributed by atoms with E-state index >= 15 is 0 Å². The van der Waals surface area contributed by atoms with Crippen LogP contribution in [-0.2, 0) is 6.61 Å². The molecule has 1 aromatic carbocycles. The number of para-hydroxylation sites is 1. The molecule has 0 bridgehead atoms. The molecule has 2 aromatic heterocycles. The summed E-state index contributed by atoms with van der Waals surface area (Å²) in [6.07, 6.45) is 5.08. The molecule has 1 aliphatic rings. The van der Waals surface area contributed by atoms with E-state index in [9.17, 15) is 9.90 Å². The average Bonchev–Trinajstić information content (AvgIpc) is 3.49. The van der Waals surface area contributed by atoms with Crippen molar-refractivity contribution in [2.45, 2.75) is 25.4 Å². The van der Waals surface area contributed by atoms with Crippen LogP contribution < -0.4 is 15.7 Å². The summed E-state index contributed by atoms with van der Waals surface area (Å²) in [7, 11) is 0. The summed E-state index contributed by atoms with van der Waals surface area (Å²) in [6.45, 7) is 0.169. The van der Waals surface area contributed by atoms with Gasteiger partial charge in [-0.1, -0.05) is 24.3 Å². The third-order valence-corrected chi connectivity index (χ3v) is 4.22. The van der Waals surface area contributed by atoms with Gasteiger partial charge in [0, 0.05) is 23.6 Å². The zero-order valence-corrected chi connectivity index (χ0v) is 14.0. The lowest BCUT2D eigenvalue weighted by molar-refractivity contribution is 0.219. The summed E-state index contributed by atoms with van der Waals surface area (Å²) in [5.41, 5.74) is 1.61. The molecule has 0 saturated heterocycles. The second-order valence-electron chi connectivity index (χ2n) is 6.23. The van der Waals surface area contributed by atoms with Gasteiger partial charge in [0.1, 0.15) is 6.61 Å². The van der Waals surface area contributed by atoms with E-state index in [0.29, 0.717) is 5.56 Å². The van der Waals surface area contributed by atoms with Crippen molar-refractivity contribution < 1.29 is 14.3 Å². The van der Waals surface area contributed by atoms with Gasteiger partial charge in [0.25, 0.3) is 0 Å². The van der Waals surface area contributed by atoms with E-state index in [1.807, 2.05) is 36.4 Å². The minimum absolute atomic E-state index is 0.0374. The van der Waals surface area contributed by atoms with Crippen molar-refractivity contribution in [3.63, 3.8) is 0 Å². The molecule has 1 aliphatic carbocycles. The Morgan fingerprint density at radius 1 is 1.19 bits per heavy atom. The maximum atomic E-state index is 12.3. The third-order valence-electron chi connectivity index (χ3n) is 4.22. The number of nitrogens with zero attached hydrogens (tertiary/aromatic N) is 1. The molecule has 0 unspecified atom stereocenters. The van der Waals surface area contributed by atoms with Crippen LogP contribution in [0.15, 0.2) is 64.1 Å². The van der Waals surface area contributed by atoms with E-state index in [1.165, 1.54) is 0 Å². The lowest BCUT2D eigenvalue weighted by Gasteiger charge is -2.15. The van der Waals surface area contributed by atoms with Crippen molar-refractivity contribution in [1.82, 2.24) is 4.98 Å². The molecular weight excluding hydrogens is 332 g/mol. The molecule has 6 heteroatoms. The second-order valence-corrected chi connectivity index (χ2v) is 6.23. The van der Waals surface area contributed by atoms with E-state index in [4.69, 9.17) is 9.15 Å². The van der Waals surface area contributed by atoms with Crippen LogP contribution in [0, 0.1) is 0 Å². The lowest BCUT2D eigenvalue weighted by atomic mass is 10.1. The van der Waals surface area contributed by atoms with E-state index < -0.39 is 5.63 Å². The molecule has 1 saturated carbocycles. The molecule has 2 heterocycles. The van der Waals surface area contributed by atoms with Crippen LogP contribution in [0.1, 0.15) is 29.9 Å². The Morgan fingerprint density at radius 3 is 2.69 bits per heavy atom. The summed E-state index contributed by atoms with van der Waals surface area (Å²) in [5.74, 6) is -0.0895. The number of aromatic nitrogens is 1. The fraction of sp³-hybridized carbons (Fsp3) is 0.200. The highest BCUT2D eigenvalue weighted by Gasteiger charge is 2.33. The Labute approximate surface area is 150 Å². The summed E-state index contributed by atoms with van der Waals surface area (Å²) in [5, 5.41) is 13.8. The Hall–Kier alpha value is -3.28. The van der Waals surface area contributed by atoms with Gasteiger partial charge in [0.15, 0.2) is 11.4 Å². The topological polar surface area (TPSA) is 84.6 Å². The normalized spacial score (nSPS) is 13.4. The molecule has 0 spiro atoms. The maximum Gasteiger partial charge on any atom is 0.345 e. The van der Waals surface area contributed by atoms with Crippen molar-refractivity contribution in [2.75, 3.05) is 5.32 Å². The first-order valence-corrected chi connectivity index (χ1v) is 8.46. The first kappa shape index (κ1) is 16.2. The highest BCUT2D eigenvalue weighted by molar-refractivity contribution is 5.71. The highest BCUT2D eigenvalue weighted by Crippen LogP contribution is 2.47. The molecule has 1 fully saturated rings. The largest absolute Gasteiger partial charge is 0.505 e. The molecule has 4 rings (SSSR count). The first-order valence-electron chi connectivity index (χ1n) is 8.46. The Kier molecular flexibility index (Phi) is 4.31. The second kappa shape index (κ2) is 6.92. The highest BCUT2D eigenvalue weighted by atomic mass is 16.6.